The predicted molar refractivity (Wildman–Crippen MR) is 94.7 cm³/mol. The summed E-state index contributed by atoms with van der Waals surface area (Å²) in [7, 11) is 0. The molecule has 142 valence electrons. The van der Waals surface area contributed by atoms with Crippen LogP contribution in [-0.2, 0) is 9.53 Å². The van der Waals surface area contributed by atoms with Gasteiger partial charge in [-0.05, 0) is 80.0 Å². The zero-order valence-corrected chi connectivity index (χ0v) is 15.9. The van der Waals surface area contributed by atoms with E-state index < -0.39 is 6.10 Å². The van der Waals surface area contributed by atoms with Gasteiger partial charge in [-0.1, -0.05) is 13.8 Å². The van der Waals surface area contributed by atoms with Crippen LogP contribution in [0.1, 0.15) is 72.1 Å². The van der Waals surface area contributed by atoms with E-state index in [-0.39, 0.29) is 34.9 Å². The Morgan fingerprint density at radius 1 is 0.880 bits per heavy atom. The molecule has 9 atom stereocenters. The summed E-state index contributed by atoms with van der Waals surface area (Å²) in [6, 6.07) is 0. The van der Waals surface area contributed by atoms with Crippen LogP contribution in [0.4, 0.5) is 0 Å². The van der Waals surface area contributed by atoms with E-state index in [0.29, 0.717) is 17.8 Å². The smallest absolute Gasteiger partial charge is 0.303 e. The SMILES string of the molecule is CC(=O)O[C@@H]1C(O)CC[C@@]2(C)C1CC[C@H]1[C@@H]3CC[C@H](O)[C@@]3(C)CC[C@@H]12. The van der Waals surface area contributed by atoms with Crippen LogP contribution in [-0.4, -0.2) is 34.5 Å². The van der Waals surface area contributed by atoms with Crippen molar-refractivity contribution in [1.82, 2.24) is 0 Å². The van der Waals surface area contributed by atoms with Crippen molar-refractivity contribution < 1.29 is 19.7 Å². The molecule has 25 heavy (non-hydrogen) atoms. The van der Waals surface area contributed by atoms with Crippen molar-refractivity contribution >= 4 is 5.97 Å². The lowest BCUT2D eigenvalue weighted by Gasteiger charge is -2.61. The first-order chi connectivity index (χ1) is 11.8. The highest BCUT2D eigenvalue weighted by atomic mass is 16.6. The molecule has 4 aliphatic rings. The number of hydrogen-bond acceptors (Lipinski definition) is 4. The van der Waals surface area contributed by atoms with E-state index in [1.54, 1.807) is 0 Å². The van der Waals surface area contributed by atoms with Crippen LogP contribution in [0.2, 0.25) is 0 Å². The van der Waals surface area contributed by atoms with Gasteiger partial charge in [-0.25, -0.2) is 0 Å². The Morgan fingerprint density at radius 3 is 2.24 bits per heavy atom. The summed E-state index contributed by atoms with van der Waals surface area (Å²) in [4.78, 5) is 11.6. The highest BCUT2D eigenvalue weighted by Crippen LogP contribution is 2.66. The molecule has 4 saturated carbocycles. The Bertz CT molecular complexity index is 548. The molecule has 4 fully saturated rings. The molecule has 0 spiro atoms. The second-order valence-corrected chi connectivity index (χ2v) is 9.88. The molecule has 0 amide bonds. The molecule has 0 aromatic heterocycles. The number of carbonyl (C=O) groups excluding carboxylic acids is 1. The molecule has 0 aliphatic heterocycles. The molecule has 4 nitrogen and oxygen atoms in total. The molecule has 4 aliphatic carbocycles. The molecule has 4 heteroatoms. The monoisotopic (exact) mass is 350 g/mol. The number of rotatable bonds is 1. The molecular formula is C21H34O4. The number of hydrogen-bond donors (Lipinski definition) is 2. The highest BCUT2D eigenvalue weighted by Gasteiger charge is 2.62. The van der Waals surface area contributed by atoms with E-state index in [9.17, 15) is 15.0 Å². The number of aliphatic hydroxyl groups is 2. The van der Waals surface area contributed by atoms with Crippen LogP contribution in [0, 0.1) is 34.5 Å². The molecule has 2 N–H and O–H groups in total. The van der Waals surface area contributed by atoms with Gasteiger partial charge in [-0.2, -0.15) is 0 Å². The normalized spacial score (nSPS) is 55.0. The number of fused-ring (bicyclic) bond motifs is 5. The first kappa shape index (κ1) is 17.8. The molecule has 0 aromatic carbocycles. The molecule has 0 aromatic rings. The summed E-state index contributed by atoms with van der Waals surface area (Å²) < 4.78 is 5.61. The van der Waals surface area contributed by atoms with Gasteiger partial charge in [0.1, 0.15) is 6.10 Å². The quantitative estimate of drug-likeness (QED) is 0.712. The zero-order chi connectivity index (χ0) is 18.0. The minimum Gasteiger partial charge on any atom is -0.459 e. The lowest BCUT2D eigenvalue weighted by atomic mass is 9.44. The Balaban J connectivity index is 1.62. The van der Waals surface area contributed by atoms with Gasteiger partial charge in [-0.15, -0.1) is 0 Å². The molecular weight excluding hydrogens is 316 g/mol. The second kappa shape index (κ2) is 5.95. The topological polar surface area (TPSA) is 66.8 Å². The summed E-state index contributed by atoms with van der Waals surface area (Å²) in [5.41, 5.74) is 0.255. The fourth-order valence-electron chi connectivity index (χ4n) is 7.61. The van der Waals surface area contributed by atoms with Crippen molar-refractivity contribution in [2.75, 3.05) is 0 Å². The minimum atomic E-state index is -0.513. The standard InChI is InChI=1S/C21H34O4/c1-12(22)25-19-16-5-4-13-14-6-7-18(24)21(14,3)10-8-15(13)20(16,2)11-9-17(19)23/h13-19,23-24H,4-11H2,1-3H3/t13-,14-,15-,16?,17?,18-,19-,20+,21-/m0/s1. The molecule has 2 unspecified atom stereocenters. The number of esters is 1. The van der Waals surface area contributed by atoms with Gasteiger partial charge >= 0.3 is 5.97 Å². The first-order valence-corrected chi connectivity index (χ1v) is 10.3. The third-order valence-corrected chi connectivity index (χ3v) is 8.95. The predicted octanol–water partition coefficient (Wildman–Crippen LogP) is 3.29. The highest BCUT2D eigenvalue weighted by molar-refractivity contribution is 5.66. The summed E-state index contributed by atoms with van der Waals surface area (Å²) in [6.45, 7) is 6.16. The Kier molecular flexibility index (Phi) is 4.23. The summed E-state index contributed by atoms with van der Waals surface area (Å²) in [5.74, 6) is 1.96. The maximum absolute atomic E-state index is 11.6. The third kappa shape index (κ3) is 2.50. The fourth-order valence-corrected chi connectivity index (χ4v) is 7.61. The van der Waals surface area contributed by atoms with Crippen molar-refractivity contribution in [1.29, 1.82) is 0 Å². The maximum atomic E-state index is 11.6. The lowest BCUT2D eigenvalue weighted by Crippen LogP contribution is -2.59. The summed E-state index contributed by atoms with van der Waals surface area (Å²) in [6.07, 6.45) is 7.38. The van der Waals surface area contributed by atoms with E-state index in [4.69, 9.17) is 4.74 Å². The van der Waals surface area contributed by atoms with Gasteiger partial charge < -0.3 is 14.9 Å². The largest absolute Gasteiger partial charge is 0.459 e. The fraction of sp³-hybridized carbons (Fsp3) is 0.952. The Labute approximate surface area is 151 Å². The first-order valence-electron chi connectivity index (χ1n) is 10.3. The van der Waals surface area contributed by atoms with Gasteiger partial charge in [0.15, 0.2) is 0 Å². The van der Waals surface area contributed by atoms with E-state index in [2.05, 4.69) is 13.8 Å². The van der Waals surface area contributed by atoms with Crippen molar-refractivity contribution in [2.45, 2.75) is 90.4 Å². The second-order valence-electron chi connectivity index (χ2n) is 9.88. The molecule has 0 radical (unpaired) electrons. The Morgan fingerprint density at radius 2 is 1.52 bits per heavy atom. The van der Waals surface area contributed by atoms with Crippen molar-refractivity contribution in [2.24, 2.45) is 34.5 Å². The van der Waals surface area contributed by atoms with Crippen LogP contribution in [0.5, 0.6) is 0 Å². The maximum Gasteiger partial charge on any atom is 0.303 e. The van der Waals surface area contributed by atoms with Crippen molar-refractivity contribution in [3.8, 4) is 0 Å². The minimum absolute atomic E-state index is 0.105. The van der Waals surface area contributed by atoms with Crippen LogP contribution in [0.15, 0.2) is 0 Å². The summed E-state index contributed by atoms with van der Waals surface area (Å²) >= 11 is 0. The molecule has 0 saturated heterocycles. The number of aliphatic hydroxyl groups excluding tert-OH is 2. The van der Waals surface area contributed by atoms with Crippen LogP contribution < -0.4 is 0 Å². The lowest BCUT2D eigenvalue weighted by molar-refractivity contribution is -0.196. The van der Waals surface area contributed by atoms with E-state index in [1.165, 1.54) is 13.3 Å². The molecule has 0 bridgehead atoms. The Hall–Kier alpha value is -0.610. The van der Waals surface area contributed by atoms with Gasteiger partial charge in [0.05, 0.1) is 12.2 Å². The van der Waals surface area contributed by atoms with E-state index in [1.807, 2.05) is 0 Å². The van der Waals surface area contributed by atoms with E-state index >= 15 is 0 Å². The van der Waals surface area contributed by atoms with Crippen LogP contribution in [0.25, 0.3) is 0 Å². The van der Waals surface area contributed by atoms with Crippen molar-refractivity contribution in [3.05, 3.63) is 0 Å². The van der Waals surface area contributed by atoms with Gasteiger partial charge in [0.25, 0.3) is 0 Å². The van der Waals surface area contributed by atoms with Crippen LogP contribution in [0.3, 0.4) is 0 Å². The van der Waals surface area contributed by atoms with Gasteiger partial charge in [0.2, 0.25) is 0 Å². The average Bonchev–Trinajstić information content (AvgIpc) is 2.86. The molecule has 4 rings (SSSR count). The van der Waals surface area contributed by atoms with E-state index in [0.717, 1.165) is 44.9 Å². The number of ether oxygens (including phenoxy) is 1. The summed E-state index contributed by atoms with van der Waals surface area (Å²) in [5, 5.41) is 21.0. The zero-order valence-electron chi connectivity index (χ0n) is 15.9. The van der Waals surface area contributed by atoms with Crippen LogP contribution >= 0.6 is 0 Å². The third-order valence-electron chi connectivity index (χ3n) is 8.95. The molecule has 0 heterocycles. The average molecular weight is 350 g/mol. The van der Waals surface area contributed by atoms with Gasteiger partial charge in [0, 0.05) is 12.8 Å². The number of carbonyl (C=O) groups is 1. The van der Waals surface area contributed by atoms with Gasteiger partial charge in [-0.3, -0.25) is 4.79 Å². The van der Waals surface area contributed by atoms with Crippen molar-refractivity contribution in [3.63, 3.8) is 0 Å².